The average molecular weight is 299 g/mol. The van der Waals surface area contributed by atoms with Crippen LogP contribution in [-0.2, 0) is 6.54 Å². The van der Waals surface area contributed by atoms with Crippen LogP contribution >= 0.6 is 43.2 Å². The van der Waals surface area contributed by atoms with Gasteiger partial charge >= 0.3 is 0 Å². The van der Waals surface area contributed by atoms with E-state index in [1.807, 2.05) is 0 Å². The molecule has 0 aliphatic rings. The normalized spacial score (nSPS) is 10.9. The molecule has 0 fully saturated rings. The van der Waals surface area contributed by atoms with E-state index in [9.17, 15) is 0 Å². The number of alkyl halides is 1. The van der Waals surface area contributed by atoms with E-state index < -0.39 is 0 Å². The second-order valence-electron chi connectivity index (χ2n) is 2.36. The van der Waals surface area contributed by atoms with Crippen LogP contribution in [0.4, 0.5) is 0 Å². The van der Waals surface area contributed by atoms with E-state index in [2.05, 4.69) is 55.3 Å². The third-order valence-corrected chi connectivity index (χ3v) is 3.79. The van der Waals surface area contributed by atoms with Crippen molar-refractivity contribution in [1.82, 2.24) is 4.90 Å². The lowest BCUT2D eigenvalue weighted by atomic mass is 10.4. The molecule has 0 atom stereocenters. The van der Waals surface area contributed by atoms with E-state index >= 15 is 0 Å². The first-order chi connectivity index (χ1) is 5.22. The van der Waals surface area contributed by atoms with Gasteiger partial charge in [-0.25, -0.2) is 0 Å². The summed E-state index contributed by atoms with van der Waals surface area (Å²) >= 11 is 8.61. The molecule has 4 heteroatoms. The minimum Gasteiger partial charge on any atom is -0.291 e. The van der Waals surface area contributed by atoms with Gasteiger partial charge in [-0.3, -0.25) is 4.90 Å². The third kappa shape index (κ3) is 3.23. The van der Waals surface area contributed by atoms with Gasteiger partial charge in [0.05, 0.1) is 5.45 Å². The van der Waals surface area contributed by atoms with Crippen molar-refractivity contribution in [3.8, 4) is 0 Å². The number of hydrogen-bond donors (Lipinski definition) is 0. The lowest BCUT2D eigenvalue weighted by Crippen LogP contribution is -2.13. The van der Waals surface area contributed by atoms with Crippen LogP contribution in [0, 0.1) is 0 Å². The highest BCUT2D eigenvalue weighted by molar-refractivity contribution is 9.10. The Morgan fingerprint density at radius 1 is 1.64 bits per heavy atom. The maximum Gasteiger partial charge on any atom is 0.0543 e. The summed E-state index contributed by atoms with van der Waals surface area (Å²) < 4.78 is 1.18. The SMILES string of the molecule is CN(CBr)Cc1cc(Br)cs1. The largest absolute Gasteiger partial charge is 0.291 e. The highest BCUT2D eigenvalue weighted by atomic mass is 79.9. The van der Waals surface area contributed by atoms with Crippen LogP contribution in [0.25, 0.3) is 0 Å². The molecule has 0 saturated carbocycles. The minimum absolute atomic E-state index is 0.919. The van der Waals surface area contributed by atoms with Crippen LogP contribution in [0.3, 0.4) is 0 Å². The number of thiophene rings is 1. The second-order valence-corrected chi connectivity index (χ2v) is 4.78. The van der Waals surface area contributed by atoms with E-state index in [-0.39, 0.29) is 0 Å². The zero-order valence-corrected chi connectivity index (χ0v) is 10.2. The molecule has 62 valence electrons. The van der Waals surface area contributed by atoms with Crippen molar-refractivity contribution in [2.75, 3.05) is 12.5 Å². The van der Waals surface area contributed by atoms with Crippen LogP contribution in [0.5, 0.6) is 0 Å². The van der Waals surface area contributed by atoms with Crippen molar-refractivity contribution < 1.29 is 0 Å². The van der Waals surface area contributed by atoms with Crippen molar-refractivity contribution in [3.05, 3.63) is 20.8 Å². The van der Waals surface area contributed by atoms with Crippen LogP contribution in [-0.4, -0.2) is 17.4 Å². The average Bonchev–Trinajstić information content (AvgIpc) is 2.35. The summed E-state index contributed by atoms with van der Waals surface area (Å²) in [7, 11) is 2.09. The lowest BCUT2D eigenvalue weighted by molar-refractivity contribution is 0.394. The third-order valence-electron chi connectivity index (χ3n) is 1.25. The van der Waals surface area contributed by atoms with Crippen LogP contribution in [0.1, 0.15) is 4.88 Å². The molecule has 11 heavy (non-hydrogen) atoms. The van der Waals surface area contributed by atoms with Gasteiger partial charge in [-0.05, 0) is 29.0 Å². The Hall–Kier alpha value is 0.620. The fraction of sp³-hybridized carbons (Fsp3) is 0.429. The van der Waals surface area contributed by atoms with Crippen LogP contribution < -0.4 is 0 Å². The minimum atomic E-state index is 0.919. The maximum atomic E-state index is 3.42. The fourth-order valence-electron chi connectivity index (χ4n) is 0.745. The summed E-state index contributed by atoms with van der Waals surface area (Å²) in [5, 5.41) is 2.11. The summed E-state index contributed by atoms with van der Waals surface area (Å²) in [6.45, 7) is 1.02. The molecule has 0 amide bonds. The molecule has 0 bridgehead atoms. The Labute approximate surface area is 87.7 Å². The summed E-state index contributed by atoms with van der Waals surface area (Å²) in [6.07, 6.45) is 0. The van der Waals surface area contributed by atoms with Gasteiger partial charge in [0.15, 0.2) is 0 Å². The summed E-state index contributed by atoms with van der Waals surface area (Å²) in [5.74, 6) is 0. The number of hydrogen-bond acceptors (Lipinski definition) is 2. The summed E-state index contributed by atoms with van der Waals surface area (Å²) in [4.78, 5) is 3.59. The first-order valence-corrected chi connectivity index (χ1v) is 5.99. The molecular formula is C7H9Br2NS. The molecule has 0 aliphatic heterocycles. The molecule has 1 heterocycles. The number of rotatable bonds is 3. The van der Waals surface area contributed by atoms with E-state index in [1.165, 1.54) is 9.35 Å². The lowest BCUT2D eigenvalue weighted by Gasteiger charge is -2.09. The predicted octanol–water partition coefficient (Wildman–Crippen LogP) is 3.29. The maximum absolute atomic E-state index is 3.42. The first kappa shape index (κ1) is 9.71. The summed E-state index contributed by atoms with van der Waals surface area (Å²) in [6, 6.07) is 2.16. The highest BCUT2D eigenvalue weighted by Crippen LogP contribution is 2.20. The molecule has 0 spiro atoms. The Morgan fingerprint density at radius 2 is 2.36 bits per heavy atom. The molecule has 0 saturated heterocycles. The van der Waals surface area contributed by atoms with Crippen molar-refractivity contribution >= 4 is 43.2 Å². The van der Waals surface area contributed by atoms with E-state index in [1.54, 1.807) is 11.3 Å². The fourth-order valence-corrected chi connectivity index (χ4v) is 2.45. The van der Waals surface area contributed by atoms with E-state index in [0.717, 1.165) is 12.0 Å². The number of halogens is 2. The molecule has 1 aromatic rings. The van der Waals surface area contributed by atoms with Gasteiger partial charge in [0.25, 0.3) is 0 Å². The topological polar surface area (TPSA) is 3.24 Å². The van der Waals surface area contributed by atoms with Crippen molar-refractivity contribution in [2.24, 2.45) is 0 Å². The van der Waals surface area contributed by atoms with E-state index in [4.69, 9.17) is 0 Å². The van der Waals surface area contributed by atoms with Gasteiger partial charge in [0.2, 0.25) is 0 Å². The van der Waals surface area contributed by atoms with Crippen LogP contribution in [0.2, 0.25) is 0 Å². The zero-order valence-electron chi connectivity index (χ0n) is 6.18. The standard InChI is InChI=1S/C7H9Br2NS/c1-10(5-8)3-7-2-6(9)4-11-7/h2,4H,3,5H2,1H3. The Balaban J connectivity index is 2.50. The summed E-state index contributed by atoms with van der Waals surface area (Å²) in [5.41, 5.74) is 0.919. The molecule has 1 rings (SSSR count). The molecule has 1 aromatic heterocycles. The molecule has 0 aromatic carbocycles. The molecule has 0 radical (unpaired) electrons. The van der Waals surface area contributed by atoms with Crippen molar-refractivity contribution in [1.29, 1.82) is 0 Å². The molecule has 0 unspecified atom stereocenters. The van der Waals surface area contributed by atoms with Gasteiger partial charge in [0, 0.05) is 21.3 Å². The Morgan fingerprint density at radius 3 is 2.82 bits per heavy atom. The van der Waals surface area contributed by atoms with Gasteiger partial charge in [-0.2, -0.15) is 0 Å². The van der Waals surface area contributed by atoms with Gasteiger partial charge in [-0.1, -0.05) is 15.9 Å². The molecular weight excluding hydrogens is 290 g/mol. The van der Waals surface area contributed by atoms with Gasteiger partial charge in [-0.15, -0.1) is 11.3 Å². The second kappa shape index (κ2) is 4.60. The highest BCUT2D eigenvalue weighted by Gasteiger charge is 2.00. The van der Waals surface area contributed by atoms with E-state index in [0.29, 0.717) is 0 Å². The van der Waals surface area contributed by atoms with Crippen LogP contribution in [0.15, 0.2) is 15.9 Å². The molecule has 0 N–H and O–H groups in total. The van der Waals surface area contributed by atoms with Gasteiger partial charge in [0.1, 0.15) is 0 Å². The molecule has 0 aliphatic carbocycles. The van der Waals surface area contributed by atoms with Crippen molar-refractivity contribution in [2.45, 2.75) is 6.54 Å². The number of nitrogens with zero attached hydrogens (tertiary/aromatic N) is 1. The monoisotopic (exact) mass is 297 g/mol. The smallest absolute Gasteiger partial charge is 0.0543 e. The Bertz CT molecular complexity index is 224. The Kier molecular flexibility index (Phi) is 4.06. The van der Waals surface area contributed by atoms with Crippen molar-refractivity contribution in [3.63, 3.8) is 0 Å². The first-order valence-electron chi connectivity index (χ1n) is 3.20. The zero-order chi connectivity index (χ0) is 8.27. The van der Waals surface area contributed by atoms with Gasteiger partial charge < -0.3 is 0 Å². The predicted molar refractivity (Wildman–Crippen MR) is 57.3 cm³/mol. The quantitative estimate of drug-likeness (QED) is 0.611. The molecule has 1 nitrogen and oxygen atoms in total.